The molecule has 1 fully saturated rings. The summed E-state index contributed by atoms with van der Waals surface area (Å²) in [5.74, 6) is -1.38. The van der Waals surface area contributed by atoms with Crippen LogP contribution in [-0.4, -0.2) is 18.4 Å². The van der Waals surface area contributed by atoms with E-state index >= 15 is 0 Å². The molecule has 0 radical (unpaired) electrons. The molecule has 3 rings (SSSR count). The maximum absolute atomic E-state index is 13.6. The van der Waals surface area contributed by atoms with Gasteiger partial charge in [-0.05, 0) is 43.0 Å². The van der Waals surface area contributed by atoms with Crippen molar-refractivity contribution < 1.29 is 18.4 Å². The van der Waals surface area contributed by atoms with Crippen molar-refractivity contribution in [1.29, 1.82) is 0 Å². The Morgan fingerprint density at radius 1 is 0.923 bits per heavy atom. The molecule has 1 saturated carbocycles. The first-order valence-corrected chi connectivity index (χ1v) is 8.56. The summed E-state index contributed by atoms with van der Waals surface area (Å²) in [5.41, 5.74) is 0.238. The second-order valence-electron chi connectivity index (χ2n) is 6.49. The fraction of sp³-hybridized carbons (Fsp3) is 0.300. The Morgan fingerprint density at radius 2 is 1.58 bits per heavy atom. The number of benzene rings is 2. The Morgan fingerprint density at radius 3 is 2.23 bits per heavy atom. The summed E-state index contributed by atoms with van der Waals surface area (Å²) in [5, 5.41) is 5.43. The van der Waals surface area contributed by atoms with Crippen molar-refractivity contribution in [2.45, 2.75) is 25.8 Å². The van der Waals surface area contributed by atoms with Crippen molar-refractivity contribution in [3.05, 3.63) is 71.3 Å². The number of rotatable bonds is 7. The second kappa shape index (κ2) is 7.64. The van der Waals surface area contributed by atoms with E-state index in [4.69, 9.17) is 0 Å². The first-order valence-electron chi connectivity index (χ1n) is 8.56. The fourth-order valence-corrected chi connectivity index (χ4v) is 2.81. The van der Waals surface area contributed by atoms with E-state index < -0.39 is 5.41 Å². The van der Waals surface area contributed by atoms with Crippen LogP contribution in [0.2, 0.25) is 0 Å². The molecule has 0 aliphatic heterocycles. The monoisotopic (exact) mass is 358 g/mol. The molecule has 2 aromatic rings. The topological polar surface area (TPSA) is 58.2 Å². The zero-order valence-electron chi connectivity index (χ0n) is 14.2. The molecule has 0 unspecified atom stereocenters. The van der Waals surface area contributed by atoms with Crippen LogP contribution in [-0.2, 0) is 22.6 Å². The normalized spacial score (nSPS) is 14.5. The second-order valence-corrected chi connectivity index (χ2v) is 6.49. The number of hydrogen-bond donors (Lipinski definition) is 2. The molecule has 1 aliphatic carbocycles. The van der Waals surface area contributed by atoms with Crippen molar-refractivity contribution in [2.75, 3.05) is 6.54 Å². The largest absolute Gasteiger partial charge is 0.355 e. The highest BCUT2D eigenvalue weighted by Crippen LogP contribution is 2.46. The Bertz CT molecular complexity index is 802. The van der Waals surface area contributed by atoms with Crippen molar-refractivity contribution in [3.63, 3.8) is 0 Å². The van der Waals surface area contributed by atoms with Crippen LogP contribution in [0.5, 0.6) is 0 Å². The van der Waals surface area contributed by atoms with Gasteiger partial charge >= 0.3 is 0 Å². The quantitative estimate of drug-likeness (QED) is 0.748. The summed E-state index contributed by atoms with van der Waals surface area (Å²) in [6, 6.07) is 12.3. The molecular weight excluding hydrogens is 338 g/mol. The molecule has 0 atom stereocenters. The molecule has 0 spiro atoms. The van der Waals surface area contributed by atoms with E-state index in [1.165, 1.54) is 18.2 Å². The minimum Gasteiger partial charge on any atom is -0.355 e. The summed E-state index contributed by atoms with van der Waals surface area (Å²) in [6.45, 7) is 0.420. The van der Waals surface area contributed by atoms with Crippen molar-refractivity contribution in [3.8, 4) is 0 Å². The third-order valence-corrected chi connectivity index (χ3v) is 4.63. The molecule has 136 valence electrons. The van der Waals surface area contributed by atoms with Gasteiger partial charge in [-0.25, -0.2) is 8.78 Å². The number of nitrogens with one attached hydrogen (secondary N) is 2. The molecule has 2 amide bonds. The van der Waals surface area contributed by atoms with Gasteiger partial charge in [-0.1, -0.05) is 30.3 Å². The summed E-state index contributed by atoms with van der Waals surface area (Å²) < 4.78 is 26.5. The molecule has 1 aliphatic rings. The number of carbonyl (C=O) groups is 2. The first-order chi connectivity index (χ1) is 12.5. The SMILES string of the molecule is O=C(NCCc1ccc(F)cc1)C1(C(=O)NCc2ccccc2F)CC1. The zero-order chi connectivity index (χ0) is 18.6. The number of carbonyl (C=O) groups excluding carboxylic acids is 2. The maximum Gasteiger partial charge on any atom is 0.235 e. The van der Waals surface area contributed by atoms with Crippen LogP contribution in [0.25, 0.3) is 0 Å². The number of halogens is 2. The van der Waals surface area contributed by atoms with Gasteiger partial charge in [0.05, 0.1) is 0 Å². The van der Waals surface area contributed by atoms with Gasteiger partial charge in [0.25, 0.3) is 0 Å². The van der Waals surface area contributed by atoms with Gasteiger partial charge < -0.3 is 10.6 Å². The lowest BCUT2D eigenvalue weighted by Gasteiger charge is -2.15. The third-order valence-electron chi connectivity index (χ3n) is 4.63. The summed E-state index contributed by atoms with van der Waals surface area (Å²) in [7, 11) is 0. The van der Waals surface area contributed by atoms with E-state index in [1.807, 2.05) is 0 Å². The lowest BCUT2D eigenvalue weighted by atomic mass is 10.0. The molecule has 0 bridgehead atoms. The molecule has 2 N–H and O–H groups in total. The predicted molar refractivity (Wildman–Crippen MR) is 93.0 cm³/mol. The van der Waals surface area contributed by atoms with Crippen LogP contribution in [0.15, 0.2) is 48.5 Å². The Balaban J connectivity index is 1.49. The smallest absolute Gasteiger partial charge is 0.235 e. The Hall–Kier alpha value is -2.76. The number of hydrogen-bond acceptors (Lipinski definition) is 2. The lowest BCUT2D eigenvalue weighted by molar-refractivity contribution is -0.137. The predicted octanol–water partition coefficient (Wildman–Crippen LogP) is 2.72. The highest BCUT2D eigenvalue weighted by Gasteiger charge is 2.56. The molecule has 0 heterocycles. The molecule has 6 heteroatoms. The third kappa shape index (κ3) is 4.07. The molecule has 0 aromatic heterocycles. The highest BCUT2D eigenvalue weighted by atomic mass is 19.1. The van der Waals surface area contributed by atoms with Crippen molar-refractivity contribution in [1.82, 2.24) is 10.6 Å². The van der Waals surface area contributed by atoms with Crippen LogP contribution in [0.1, 0.15) is 24.0 Å². The van der Waals surface area contributed by atoms with Gasteiger partial charge in [-0.3, -0.25) is 9.59 Å². The molecule has 0 saturated heterocycles. The van der Waals surface area contributed by atoms with Gasteiger partial charge in [0.1, 0.15) is 17.0 Å². The van der Waals surface area contributed by atoms with E-state index in [9.17, 15) is 18.4 Å². The van der Waals surface area contributed by atoms with Crippen molar-refractivity contribution >= 4 is 11.8 Å². The molecular formula is C20H20F2N2O2. The summed E-state index contributed by atoms with van der Waals surface area (Å²) >= 11 is 0. The van der Waals surface area contributed by atoms with E-state index in [0.29, 0.717) is 31.4 Å². The number of amides is 2. The van der Waals surface area contributed by atoms with Crippen LogP contribution in [0.4, 0.5) is 8.78 Å². The summed E-state index contributed by atoms with van der Waals surface area (Å²) in [4.78, 5) is 24.8. The molecule has 2 aromatic carbocycles. The molecule has 26 heavy (non-hydrogen) atoms. The van der Waals surface area contributed by atoms with Gasteiger partial charge in [-0.2, -0.15) is 0 Å². The Labute approximate surface area is 150 Å². The van der Waals surface area contributed by atoms with E-state index in [0.717, 1.165) is 5.56 Å². The lowest BCUT2D eigenvalue weighted by Crippen LogP contribution is -2.43. The van der Waals surface area contributed by atoms with Gasteiger partial charge in [0, 0.05) is 18.7 Å². The van der Waals surface area contributed by atoms with Gasteiger partial charge in [0.15, 0.2) is 0 Å². The standard InChI is InChI=1S/C20H20F2N2O2/c21-16-7-5-14(6-8-16)9-12-23-18(25)20(10-11-20)19(26)24-13-15-3-1-2-4-17(15)22/h1-8H,9-13H2,(H,23,25)(H,24,26). The zero-order valence-corrected chi connectivity index (χ0v) is 14.2. The van der Waals surface area contributed by atoms with E-state index in [-0.39, 0.29) is 30.0 Å². The van der Waals surface area contributed by atoms with E-state index in [1.54, 1.807) is 30.3 Å². The Kier molecular flexibility index (Phi) is 5.30. The van der Waals surface area contributed by atoms with Crippen molar-refractivity contribution in [2.24, 2.45) is 5.41 Å². The van der Waals surface area contributed by atoms with Crippen LogP contribution >= 0.6 is 0 Å². The summed E-state index contributed by atoms with van der Waals surface area (Å²) in [6.07, 6.45) is 1.52. The van der Waals surface area contributed by atoms with Crippen LogP contribution < -0.4 is 10.6 Å². The van der Waals surface area contributed by atoms with Gasteiger partial charge in [-0.15, -0.1) is 0 Å². The first kappa shape index (κ1) is 18.0. The maximum atomic E-state index is 13.6. The van der Waals surface area contributed by atoms with Gasteiger partial charge in [0.2, 0.25) is 11.8 Å². The minimum atomic E-state index is -1.05. The van der Waals surface area contributed by atoms with Crippen LogP contribution in [0, 0.1) is 17.0 Å². The van der Waals surface area contributed by atoms with Crippen LogP contribution in [0.3, 0.4) is 0 Å². The van der Waals surface area contributed by atoms with E-state index in [2.05, 4.69) is 10.6 Å². The molecule has 4 nitrogen and oxygen atoms in total. The minimum absolute atomic E-state index is 0.0517. The average molecular weight is 358 g/mol. The average Bonchev–Trinajstić information content (AvgIpc) is 3.44. The highest BCUT2D eigenvalue weighted by molar-refractivity contribution is 6.07. The fourth-order valence-electron chi connectivity index (χ4n) is 2.81.